The number of amides is 1. The van der Waals surface area contributed by atoms with Gasteiger partial charge in [0.05, 0.1) is 0 Å². The average Bonchev–Trinajstić information content (AvgIpc) is 3.29. The number of tetrazole rings is 1. The molecule has 2 aromatic heterocycles. The van der Waals surface area contributed by atoms with Gasteiger partial charge in [0.25, 0.3) is 0 Å². The molecule has 160 valence electrons. The second-order valence-corrected chi connectivity index (χ2v) is 8.13. The van der Waals surface area contributed by atoms with Gasteiger partial charge in [-0.1, -0.05) is 29.8 Å². The van der Waals surface area contributed by atoms with Gasteiger partial charge in [0, 0.05) is 37.7 Å². The molecular weight excluding hydrogens is 397 g/mol. The van der Waals surface area contributed by atoms with Crippen LogP contribution in [0.4, 0.5) is 10.2 Å². The van der Waals surface area contributed by atoms with Crippen LogP contribution in [0.5, 0.6) is 0 Å². The number of nitrogens with zero attached hydrogens (tertiary/aromatic N) is 7. The van der Waals surface area contributed by atoms with E-state index in [2.05, 4.69) is 25.5 Å². The van der Waals surface area contributed by atoms with Crippen molar-refractivity contribution in [3.05, 3.63) is 53.4 Å². The summed E-state index contributed by atoms with van der Waals surface area (Å²) in [7, 11) is 0. The maximum atomic E-state index is 13.9. The Labute approximate surface area is 179 Å². The highest BCUT2D eigenvalue weighted by molar-refractivity contribution is 5.79. The SMILES string of the molecule is O=C(C1CCN(c2ccc3nnnn3n2)CC1)N1CCC(=Cc2ccccc2F)CC1. The quantitative estimate of drug-likeness (QED) is 0.647. The van der Waals surface area contributed by atoms with Gasteiger partial charge in [0.2, 0.25) is 5.91 Å². The Kier molecular flexibility index (Phi) is 5.31. The van der Waals surface area contributed by atoms with E-state index in [1.54, 1.807) is 12.1 Å². The highest BCUT2D eigenvalue weighted by atomic mass is 19.1. The summed E-state index contributed by atoms with van der Waals surface area (Å²) < 4.78 is 15.3. The van der Waals surface area contributed by atoms with Gasteiger partial charge in [-0.05, 0) is 54.3 Å². The lowest BCUT2D eigenvalue weighted by atomic mass is 9.93. The molecule has 2 aliphatic rings. The van der Waals surface area contributed by atoms with Crippen LogP contribution in [-0.2, 0) is 4.79 Å². The Balaban J connectivity index is 1.15. The minimum absolute atomic E-state index is 0.0464. The van der Waals surface area contributed by atoms with Gasteiger partial charge < -0.3 is 9.80 Å². The summed E-state index contributed by atoms with van der Waals surface area (Å²) in [6, 6.07) is 10.6. The first kappa shape index (κ1) is 19.6. The number of hydrogen-bond donors (Lipinski definition) is 0. The van der Waals surface area contributed by atoms with Gasteiger partial charge in [-0.25, -0.2) is 4.39 Å². The molecule has 0 unspecified atom stereocenters. The van der Waals surface area contributed by atoms with E-state index in [1.165, 1.54) is 16.3 Å². The summed E-state index contributed by atoms with van der Waals surface area (Å²) in [6.07, 6.45) is 5.15. The Bertz CT molecular complexity index is 1110. The van der Waals surface area contributed by atoms with E-state index in [4.69, 9.17) is 0 Å². The lowest BCUT2D eigenvalue weighted by Crippen LogP contribution is -2.44. The predicted molar refractivity (Wildman–Crippen MR) is 114 cm³/mol. The molecule has 0 N–H and O–H groups in total. The maximum absolute atomic E-state index is 13.9. The molecule has 0 saturated carbocycles. The van der Waals surface area contributed by atoms with E-state index in [0.29, 0.717) is 24.3 Å². The van der Waals surface area contributed by atoms with Crippen molar-refractivity contribution in [3.63, 3.8) is 0 Å². The maximum Gasteiger partial charge on any atom is 0.225 e. The largest absolute Gasteiger partial charge is 0.355 e. The molecule has 0 spiro atoms. The molecule has 8 nitrogen and oxygen atoms in total. The highest BCUT2D eigenvalue weighted by Gasteiger charge is 2.30. The topological polar surface area (TPSA) is 79.5 Å². The molecule has 0 radical (unpaired) electrons. The van der Waals surface area contributed by atoms with Crippen molar-refractivity contribution in [3.8, 4) is 0 Å². The summed E-state index contributed by atoms with van der Waals surface area (Å²) in [4.78, 5) is 17.2. The summed E-state index contributed by atoms with van der Waals surface area (Å²) in [5.41, 5.74) is 2.44. The number of likely N-dealkylation sites (tertiary alicyclic amines) is 1. The third-order valence-corrected chi connectivity index (χ3v) is 6.21. The van der Waals surface area contributed by atoms with Crippen LogP contribution in [0.3, 0.4) is 0 Å². The number of fused-ring (bicyclic) bond motifs is 1. The van der Waals surface area contributed by atoms with Crippen molar-refractivity contribution < 1.29 is 9.18 Å². The zero-order valence-electron chi connectivity index (χ0n) is 17.2. The third-order valence-electron chi connectivity index (χ3n) is 6.21. The number of carbonyl (C=O) groups is 1. The summed E-state index contributed by atoms with van der Waals surface area (Å²) in [5, 5.41) is 15.8. The van der Waals surface area contributed by atoms with E-state index in [0.717, 1.165) is 44.6 Å². The molecule has 4 heterocycles. The number of halogens is 1. The second-order valence-electron chi connectivity index (χ2n) is 8.13. The zero-order valence-corrected chi connectivity index (χ0v) is 17.2. The normalized spacial score (nSPS) is 17.9. The van der Waals surface area contributed by atoms with E-state index >= 15 is 0 Å². The first-order valence-corrected chi connectivity index (χ1v) is 10.7. The number of hydrogen-bond acceptors (Lipinski definition) is 6. The minimum Gasteiger partial charge on any atom is -0.355 e. The molecule has 1 amide bonds. The average molecular weight is 421 g/mol. The fraction of sp³-hybridized carbons (Fsp3) is 0.409. The lowest BCUT2D eigenvalue weighted by Gasteiger charge is -2.36. The molecule has 0 atom stereocenters. The van der Waals surface area contributed by atoms with Gasteiger partial charge >= 0.3 is 0 Å². The number of piperidine rings is 2. The zero-order chi connectivity index (χ0) is 21.2. The summed E-state index contributed by atoms with van der Waals surface area (Å²) in [6.45, 7) is 2.97. The van der Waals surface area contributed by atoms with Crippen molar-refractivity contribution in [2.45, 2.75) is 25.7 Å². The van der Waals surface area contributed by atoms with Crippen LogP contribution in [0, 0.1) is 11.7 Å². The summed E-state index contributed by atoms with van der Waals surface area (Å²) >= 11 is 0. The molecule has 2 fully saturated rings. The second kappa shape index (κ2) is 8.41. The number of anilines is 1. The summed E-state index contributed by atoms with van der Waals surface area (Å²) in [5.74, 6) is 0.916. The Hall–Kier alpha value is -3.36. The molecule has 3 aromatic rings. The van der Waals surface area contributed by atoms with Gasteiger partial charge in [0.15, 0.2) is 11.5 Å². The fourth-order valence-corrected chi connectivity index (χ4v) is 4.39. The molecule has 1 aromatic carbocycles. The van der Waals surface area contributed by atoms with Crippen LogP contribution >= 0.6 is 0 Å². The van der Waals surface area contributed by atoms with E-state index < -0.39 is 0 Å². The Morgan fingerprint density at radius 2 is 1.81 bits per heavy atom. The molecule has 0 bridgehead atoms. The van der Waals surface area contributed by atoms with Crippen molar-refractivity contribution in [1.29, 1.82) is 0 Å². The van der Waals surface area contributed by atoms with Gasteiger partial charge in [0.1, 0.15) is 5.82 Å². The smallest absolute Gasteiger partial charge is 0.225 e. The van der Waals surface area contributed by atoms with Crippen molar-refractivity contribution in [2.24, 2.45) is 5.92 Å². The van der Waals surface area contributed by atoms with Gasteiger partial charge in [-0.3, -0.25) is 4.79 Å². The Morgan fingerprint density at radius 1 is 1.03 bits per heavy atom. The van der Waals surface area contributed by atoms with E-state index in [1.807, 2.05) is 29.2 Å². The molecular formula is C22H24FN7O. The number of benzene rings is 1. The predicted octanol–water partition coefficient (Wildman–Crippen LogP) is 2.58. The molecule has 31 heavy (non-hydrogen) atoms. The first-order valence-electron chi connectivity index (χ1n) is 10.7. The minimum atomic E-state index is -0.200. The van der Waals surface area contributed by atoms with Crippen LogP contribution in [0.25, 0.3) is 11.7 Å². The van der Waals surface area contributed by atoms with Crippen LogP contribution in [-0.4, -0.2) is 62.2 Å². The number of carbonyl (C=O) groups excluding carboxylic acids is 1. The van der Waals surface area contributed by atoms with Crippen LogP contribution in [0.2, 0.25) is 0 Å². The fourth-order valence-electron chi connectivity index (χ4n) is 4.39. The van der Waals surface area contributed by atoms with Crippen molar-refractivity contribution in [2.75, 3.05) is 31.1 Å². The van der Waals surface area contributed by atoms with Crippen LogP contribution in [0.15, 0.2) is 42.0 Å². The molecule has 5 rings (SSSR count). The first-order chi connectivity index (χ1) is 15.2. The third kappa shape index (κ3) is 4.12. The standard InChI is InChI=1S/C22H24FN7O/c23-19-4-2-1-3-18(19)15-16-7-11-29(12-8-16)22(31)17-9-13-28(14-10-17)21-6-5-20-24-26-27-30(20)25-21/h1-6,15,17H,7-14H2. The van der Waals surface area contributed by atoms with E-state index in [9.17, 15) is 9.18 Å². The van der Waals surface area contributed by atoms with Gasteiger partial charge in [-0.15, -0.1) is 14.8 Å². The van der Waals surface area contributed by atoms with Gasteiger partial charge in [-0.2, -0.15) is 0 Å². The number of aromatic nitrogens is 5. The highest BCUT2D eigenvalue weighted by Crippen LogP contribution is 2.26. The molecule has 2 aliphatic heterocycles. The number of rotatable bonds is 3. The van der Waals surface area contributed by atoms with Crippen LogP contribution in [0.1, 0.15) is 31.2 Å². The molecule has 0 aliphatic carbocycles. The van der Waals surface area contributed by atoms with Crippen molar-refractivity contribution >= 4 is 23.4 Å². The monoisotopic (exact) mass is 421 g/mol. The van der Waals surface area contributed by atoms with E-state index in [-0.39, 0.29) is 17.6 Å². The van der Waals surface area contributed by atoms with Crippen molar-refractivity contribution in [1.82, 2.24) is 30.2 Å². The molecule has 2 saturated heterocycles. The Morgan fingerprint density at radius 3 is 2.58 bits per heavy atom. The lowest BCUT2D eigenvalue weighted by molar-refractivity contribution is -0.136. The molecule has 9 heteroatoms. The van der Waals surface area contributed by atoms with Crippen LogP contribution < -0.4 is 4.90 Å².